The van der Waals surface area contributed by atoms with Gasteiger partial charge in [-0.15, -0.1) is 0 Å². The van der Waals surface area contributed by atoms with Crippen LogP contribution in [-0.4, -0.2) is 38.7 Å². The maximum atomic E-state index is 11.1. The molecule has 0 aliphatic carbocycles. The third-order valence-electron chi connectivity index (χ3n) is 2.96. The fourth-order valence-corrected chi connectivity index (χ4v) is 1.97. The van der Waals surface area contributed by atoms with E-state index in [2.05, 4.69) is 10.2 Å². The monoisotopic (exact) mass is 235 g/mol. The summed E-state index contributed by atoms with van der Waals surface area (Å²) in [5, 5.41) is 3.10. The van der Waals surface area contributed by atoms with E-state index in [9.17, 15) is 4.79 Å². The highest BCUT2D eigenvalue weighted by Gasteiger charge is 2.23. The lowest BCUT2D eigenvalue weighted by Crippen LogP contribution is -2.56. The largest absolute Gasteiger partial charge is 0.497 e. The molecule has 1 fully saturated rings. The van der Waals surface area contributed by atoms with Crippen LogP contribution in [0.3, 0.4) is 0 Å². The number of amides is 1. The van der Waals surface area contributed by atoms with Crippen molar-refractivity contribution in [2.45, 2.75) is 6.04 Å². The van der Waals surface area contributed by atoms with E-state index < -0.39 is 0 Å². The number of piperazine rings is 1. The van der Waals surface area contributed by atoms with Crippen LogP contribution >= 0.6 is 0 Å². The van der Waals surface area contributed by atoms with Gasteiger partial charge in [-0.2, -0.15) is 0 Å². The van der Waals surface area contributed by atoms with E-state index in [1.807, 2.05) is 24.3 Å². The summed E-state index contributed by atoms with van der Waals surface area (Å²) in [5.41, 5.74) is 6.39. The Hall–Kier alpha value is -1.75. The van der Waals surface area contributed by atoms with Crippen molar-refractivity contribution in [3.05, 3.63) is 24.3 Å². The van der Waals surface area contributed by atoms with Gasteiger partial charge in [0.15, 0.2) is 0 Å². The Labute approximate surface area is 101 Å². The minimum atomic E-state index is -0.303. The standard InChI is InChI=1S/C12H17N3O2/c1-17-10-4-2-9(3-5-10)15-7-6-14-11(8-15)12(13)16/h2-5,11,14H,6-8H2,1H3,(H2,13,16)/t11-/m0/s1. The van der Waals surface area contributed by atoms with Gasteiger partial charge in [0.2, 0.25) is 5.91 Å². The third-order valence-corrected chi connectivity index (χ3v) is 2.96. The average molecular weight is 235 g/mol. The van der Waals surface area contributed by atoms with Crippen molar-refractivity contribution in [2.75, 3.05) is 31.6 Å². The van der Waals surface area contributed by atoms with E-state index in [1.165, 1.54) is 0 Å². The molecule has 1 aromatic rings. The molecule has 0 bridgehead atoms. The molecule has 1 amide bonds. The van der Waals surface area contributed by atoms with Crippen molar-refractivity contribution in [3.63, 3.8) is 0 Å². The average Bonchev–Trinajstić information content (AvgIpc) is 2.39. The van der Waals surface area contributed by atoms with Crippen LogP contribution in [-0.2, 0) is 4.79 Å². The fourth-order valence-electron chi connectivity index (χ4n) is 1.97. The van der Waals surface area contributed by atoms with Crippen LogP contribution in [0.5, 0.6) is 5.75 Å². The molecule has 1 heterocycles. The molecule has 2 rings (SSSR count). The summed E-state index contributed by atoms with van der Waals surface area (Å²) in [6, 6.07) is 7.53. The van der Waals surface area contributed by atoms with Gasteiger partial charge < -0.3 is 20.7 Å². The molecule has 5 nitrogen and oxygen atoms in total. The Balaban J connectivity index is 2.08. The van der Waals surface area contributed by atoms with Gasteiger partial charge in [-0.25, -0.2) is 0 Å². The number of ether oxygens (including phenoxy) is 1. The van der Waals surface area contributed by atoms with Gasteiger partial charge in [0.25, 0.3) is 0 Å². The number of carbonyl (C=O) groups excluding carboxylic acids is 1. The smallest absolute Gasteiger partial charge is 0.236 e. The summed E-state index contributed by atoms with van der Waals surface area (Å²) >= 11 is 0. The summed E-state index contributed by atoms with van der Waals surface area (Å²) in [4.78, 5) is 13.3. The minimum absolute atomic E-state index is 0.272. The van der Waals surface area contributed by atoms with Gasteiger partial charge in [0.1, 0.15) is 11.8 Å². The van der Waals surface area contributed by atoms with Crippen molar-refractivity contribution < 1.29 is 9.53 Å². The topological polar surface area (TPSA) is 67.6 Å². The molecule has 17 heavy (non-hydrogen) atoms. The summed E-state index contributed by atoms with van der Waals surface area (Å²) in [6.45, 7) is 2.25. The number of anilines is 1. The lowest BCUT2D eigenvalue weighted by atomic mass is 10.1. The van der Waals surface area contributed by atoms with Crippen LogP contribution in [0.4, 0.5) is 5.69 Å². The summed E-state index contributed by atoms with van der Waals surface area (Å²) in [6.07, 6.45) is 0. The number of hydrogen-bond donors (Lipinski definition) is 2. The molecule has 1 aliphatic rings. The number of carbonyl (C=O) groups is 1. The van der Waals surface area contributed by atoms with Crippen LogP contribution in [0, 0.1) is 0 Å². The molecule has 92 valence electrons. The summed E-state index contributed by atoms with van der Waals surface area (Å²) in [5.74, 6) is 0.526. The summed E-state index contributed by atoms with van der Waals surface area (Å²) < 4.78 is 5.11. The zero-order chi connectivity index (χ0) is 12.3. The van der Waals surface area contributed by atoms with E-state index in [1.54, 1.807) is 7.11 Å². The Morgan fingerprint density at radius 2 is 2.18 bits per heavy atom. The zero-order valence-electron chi connectivity index (χ0n) is 9.85. The van der Waals surface area contributed by atoms with Crippen molar-refractivity contribution in [3.8, 4) is 5.75 Å². The second kappa shape index (κ2) is 5.05. The molecule has 1 aromatic carbocycles. The molecule has 5 heteroatoms. The molecule has 1 saturated heterocycles. The number of primary amides is 1. The predicted molar refractivity (Wildman–Crippen MR) is 66.2 cm³/mol. The van der Waals surface area contributed by atoms with Gasteiger partial charge >= 0.3 is 0 Å². The molecule has 0 radical (unpaired) electrons. The first kappa shape index (κ1) is 11.7. The van der Waals surface area contributed by atoms with Crippen molar-refractivity contribution in [1.29, 1.82) is 0 Å². The van der Waals surface area contributed by atoms with Crippen LogP contribution in [0.2, 0.25) is 0 Å². The molecule has 1 aliphatic heterocycles. The van der Waals surface area contributed by atoms with E-state index in [-0.39, 0.29) is 11.9 Å². The van der Waals surface area contributed by atoms with Crippen LogP contribution in [0.15, 0.2) is 24.3 Å². The van der Waals surface area contributed by atoms with E-state index >= 15 is 0 Å². The highest BCUT2D eigenvalue weighted by Crippen LogP contribution is 2.20. The number of rotatable bonds is 3. The maximum absolute atomic E-state index is 11.1. The van der Waals surface area contributed by atoms with Gasteiger partial charge in [0, 0.05) is 25.3 Å². The predicted octanol–water partition coefficient (Wildman–Crippen LogP) is -0.0413. The number of hydrogen-bond acceptors (Lipinski definition) is 4. The van der Waals surface area contributed by atoms with Crippen LogP contribution in [0.1, 0.15) is 0 Å². The molecule has 0 unspecified atom stereocenters. The Morgan fingerprint density at radius 1 is 1.47 bits per heavy atom. The first-order chi connectivity index (χ1) is 8.20. The Bertz CT molecular complexity index is 391. The van der Waals surface area contributed by atoms with Crippen molar-refractivity contribution in [2.24, 2.45) is 5.73 Å². The Kier molecular flexibility index (Phi) is 3.49. The maximum Gasteiger partial charge on any atom is 0.236 e. The van der Waals surface area contributed by atoms with Crippen LogP contribution in [0.25, 0.3) is 0 Å². The lowest BCUT2D eigenvalue weighted by molar-refractivity contribution is -0.120. The van der Waals surface area contributed by atoms with Gasteiger partial charge in [-0.3, -0.25) is 4.79 Å². The number of nitrogens with zero attached hydrogens (tertiary/aromatic N) is 1. The van der Waals surface area contributed by atoms with Crippen LogP contribution < -0.4 is 20.7 Å². The first-order valence-corrected chi connectivity index (χ1v) is 5.62. The fraction of sp³-hybridized carbons (Fsp3) is 0.417. The van der Waals surface area contributed by atoms with Crippen molar-refractivity contribution in [1.82, 2.24) is 5.32 Å². The highest BCUT2D eigenvalue weighted by atomic mass is 16.5. The normalized spacial score (nSPS) is 20.1. The molecule has 1 atom stereocenters. The molecular formula is C12H17N3O2. The van der Waals surface area contributed by atoms with Gasteiger partial charge in [0.05, 0.1) is 7.11 Å². The summed E-state index contributed by atoms with van der Waals surface area (Å²) in [7, 11) is 1.64. The van der Waals surface area contributed by atoms with E-state index in [0.29, 0.717) is 6.54 Å². The van der Waals surface area contributed by atoms with Gasteiger partial charge in [-0.05, 0) is 24.3 Å². The quantitative estimate of drug-likeness (QED) is 0.771. The number of nitrogens with one attached hydrogen (secondary N) is 1. The zero-order valence-corrected chi connectivity index (χ0v) is 9.85. The molecular weight excluding hydrogens is 218 g/mol. The first-order valence-electron chi connectivity index (χ1n) is 5.62. The van der Waals surface area contributed by atoms with E-state index in [4.69, 9.17) is 10.5 Å². The second-order valence-electron chi connectivity index (χ2n) is 4.05. The lowest BCUT2D eigenvalue weighted by Gasteiger charge is -2.33. The highest BCUT2D eigenvalue weighted by molar-refractivity contribution is 5.81. The molecule has 0 aromatic heterocycles. The molecule has 3 N–H and O–H groups in total. The number of benzene rings is 1. The Morgan fingerprint density at radius 3 is 2.76 bits per heavy atom. The van der Waals surface area contributed by atoms with Gasteiger partial charge in [-0.1, -0.05) is 0 Å². The van der Waals surface area contributed by atoms with E-state index in [0.717, 1.165) is 24.5 Å². The number of nitrogens with two attached hydrogens (primary N) is 1. The number of methoxy groups -OCH3 is 1. The SMILES string of the molecule is COc1ccc(N2CCN[C@H](C(N)=O)C2)cc1. The minimum Gasteiger partial charge on any atom is -0.497 e. The third kappa shape index (κ3) is 2.68. The second-order valence-corrected chi connectivity index (χ2v) is 4.05. The molecule has 0 spiro atoms. The van der Waals surface area contributed by atoms with Crippen molar-refractivity contribution >= 4 is 11.6 Å². The molecule has 0 saturated carbocycles.